The number of sulfonamides is 1. The number of halogens is 2. The Morgan fingerprint density at radius 1 is 1.07 bits per heavy atom. The molecular formula is C21H24Cl2N2O4S. The maximum Gasteiger partial charge on any atom is 0.261 e. The van der Waals surface area contributed by atoms with Gasteiger partial charge in [0.2, 0.25) is 0 Å². The van der Waals surface area contributed by atoms with Crippen LogP contribution in [0.3, 0.4) is 0 Å². The van der Waals surface area contributed by atoms with Crippen molar-refractivity contribution in [2.24, 2.45) is 0 Å². The lowest BCUT2D eigenvalue weighted by atomic mass is 9.95. The largest absolute Gasteiger partial charge is 0.481 e. The molecular weight excluding hydrogens is 447 g/mol. The fourth-order valence-corrected chi connectivity index (χ4v) is 4.89. The van der Waals surface area contributed by atoms with Gasteiger partial charge in [0.15, 0.2) is 6.10 Å². The lowest BCUT2D eigenvalue weighted by Gasteiger charge is -2.24. The Kier molecular flexibility index (Phi) is 7.50. The zero-order valence-corrected chi connectivity index (χ0v) is 18.9. The third kappa shape index (κ3) is 6.03. The number of ether oxygens (including phenoxy) is 1. The van der Waals surface area contributed by atoms with Crippen molar-refractivity contribution < 1.29 is 17.9 Å². The van der Waals surface area contributed by atoms with Crippen LogP contribution in [-0.4, -0.2) is 26.5 Å². The first kappa shape index (κ1) is 22.7. The molecule has 2 aromatic carbocycles. The number of anilines is 1. The molecule has 2 aromatic rings. The van der Waals surface area contributed by atoms with Gasteiger partial charge in [0.25, 0.3) is 15.9 Å². The van der Waals surface area contributed by atoms with Crippen LogP contribution in [0.15, 0.2) is 47.4 Å². The lowest BCUT2D eigenvalue weighted by molar-refractivity contribution is -0.128. The highest BCUT2D eigenvalue weighted by atomic mass is 35.5. The average molecular weight is 471 g/mol. The minimum Gasteiger partial charge on any atom is -0.481 e. The van der Waals surface area contributed by atoms with Gasteiger partial charge in [0, 0.05) is 11.1 Å². The molecule has 0 radical (unpaired) electrons. The first-order valence-electron chi connectivity index (χ1n) is 9.79. The van der Waals surface area contributed by atoms with Gasteiger partial charge in [-0.1, -0.05) is 42.5 Å². The van der Waals surface area contributed by atoms with Gasteiger partial charge in [0.05, 0.1) is 15.6 Å². The van der Waals surface area contributed by atoms with E-state index < -0.39 is 16.1 Å². The molecule has 9 heteroatoms. The molecule has 1 aliphatic rings. The molecule has 3 rings (SSSR count). The van der Waals surface area contributed by atoms with Gasteiger partial charge in [-0.05, 0) is 62.2 Å². The van der Waals surface area contributed by atoms with Gasteiger partial charge < -0.3 is 10.1 Å². The van der Waals surface area contributed by atoms with Gasteiger partial charge in [0.1, 0.15) is 5.75 Å². The third-order valence-corrected chi connectivity index (χ3v) is 6.87. The maximum absolute atomic E-state index is 12.6. The van der Waals surface area contributed by atoms with E-state index in [-0.39, 0.29) is 27.6 Å². The fraction of sp³-hybridized carbons (Fsp3) is 0.381. The van der Waals surface area contributed by atoms with E-state index in [4.69, 9.17) is 27.9 Å². The standard InChI is InChI=1S/C21H24Cl2N2O4S/c1-14(21(26)24-16-5-3-2-4-6-16)29-17-8-10-18(11-9-17)30(27,28)25-20-12-7-15(22)13-19(20)23/h7-14,16,25H,2-6H2,1H3,(H,24,26)/t14-/m1/s1. The van der Waals surface area contributed by atoms with Gasteiger partial charge in [-0.15, -0.1) is 0 Å². The van der Waals surface area contributed by atoms with Gasteiger partial charge in [-0.25, -0.2) is 8.42 Å². The zero-order valence-electron chi connectivity index (χ0n) is 16.5. The second kappa shape index (κ2) is 9.90. The SMILES string of the molecule is C[C@@H](Oc1ccc(S(=O)(=O)Nc2ccc(Cl)cc2Cl)cc1)C(=O)NC1CCCCC1. The van der Waals surface area contributed by atoms with E-state index in [9.17, 15) is 13.2 Å². The number of hydrogen-bond acceptors (Lipinski definition) is 4. The topological polar surface area (TPSA) is 84.5 Å². The van der Waals surface area contributed by atoms with E-state index >= 15 is 0 Å². The molecule has 30 heavy (non-hydrogen) atoms. The third-order valence-electron chi connectivity index (χ3n) is 4.94. The van der Waals surface area contributed by atoms with Crippen LogP contribution in [-0.2, 0) is 14.8 Å². The summed E-state index contributed by atoms with van der Waals surface area (Å²) in [5.74, 6) is 0.238. The zero-order chi connectivity index (χ0) is 21.7. The van der Waals surface area contributed by atoms with Crippen LogP contribution in [0.2, 0.25) is 10.0 Å². The number of carbonyl (C=O) groups is 1. The smallest absolute Gasteiger partial charge is 0.261 e. The van der Waals surface area contributed by atoms with E-state index in [2.05, 4.69) is 10.0 Å². The van der Waals surface area contributed by atoms with Crippen molar-refractivity contribution in [2.45, 2.75) is 56.1 Å². The van der Waals surface area contributed by atoms with E-state index in [1.54, 1.807) is 13.0 Å². The van der Waals surface area contributed by atoms with E-state index in [1.807, 2.05) is 0 Å². The predicted molar refractivity (Wildman–Crippen MR) is 119 cm³/mol. The van der Waals surface area contributed by atoms with E-state index in [1.165, 1.54) is 42.8 Å². The van der Waals surface area contributed by atoms with Gasteiger partial charge >= 0.3 is 0 Å². The van der Waals surface area contributed by atoms with Crippen LogP contribution in [0.1, 0.15) is 39.0 Å². The summed E-state index contributed by atoms with van der Waals surface area (Å²) in [7, 11) is -3.84. The molecule has 1 fully saturated rings. The van der Waals surface area contributed by atoms with Crippen LogP contribution in [0.25, 0.3) is 0 Å². The molecule has 0 unspecified atom stereocenters. The number of nitrogens with one attached hydrogen (secondary N) is 2. The molecule has 1 amide bonds. The first-order valence-corrected chi connectivity index (χ1v) is 12.0. The number of benzene rings is 2. The molecule has 0 aliphatic heterocycles. The Morgan fingerprint density at radius 3 is 2.37 bits per heavy atom. The van der Waals surface area contributed by atoms with Gasteiger partial charge in [-0.3, -0.25) is 9.52 Å². The van der Waals surface area contributed by atoms with Crippen molar-refractivity contribution in [3.63, 3.8) is 0 Å². The van der Waals surface area contributed by atoms with Crippen molar-refractivity contribution in [1.29, 1.82) is 0 Å². The Bertz CT molecular complexity index is 991. The summed E-state index contributed by atoms with van der Waals surface area (Å²) in [6.45, 7) is 1.67. The summed E-state index contributed by atoms with van der Waals surface area (Å²) >= 11 is 11.9. The van der Waals surface area contributed by atoms with Gasteiger partial charge in [-0.2, -0.15) is 0 Å². The average Bonchev–Trinajstić information content (AvgIpc) is 2.71. The molecule has 0 saturated heterocycles. The van der Waals surface area contributed by atoms with Crippen LogP contribution < -0.4 is 14.8 Å². The van der Waals surface area contributed by atoms with E-state index in [0.717, 1.165) is 25.7 Å². The monoisotopic (exact) mass is 470 g/mol. The number of hydrogen-bond donors (Lipinski definition) is 2. The molecule has 0 spiro atoms. The van der Waals surface area contributed by atoms with Crippen LogP contribution in [0, 0.1) is 0 Å². The Labute approximate surface area is 187 Å². The van der Waals surface area contributed by atoms with Crippen molar-refractivity contribution in [3.05, 3.63) is 52.5 Å². The van der Waals surface area contributed by atoms with E-state index in [0.29, 0.717) is 10.8 Å². The highest BCUT2D eigenvalue weighted by Gasteiger charge is 2.21. The Morgan fingerprint density at radius 2 is 1.73 bits per heavy atom. The van der Waals surface area contributed by atoms with Crippen molar-refractivity contribution >= 4 is 44.8 Å². The molecule has 2 N–H and O–H groups in total. The number of carbonyl (C=O) groups excluding carboxylic acids is 1. The normalized spacial score (nSPS) is 16.0. The lowest BCUT2D eigenvalue weighted by Crippen LogP contribution is -2.43. The van der Waals surface area contributed by atoms with Crippen molar-refractivity contribution in [3.8, 4) is 5.75 Å². The molecule has 6 nitrogen and oxygen atoms in total. The second-order valence-electron chi connectivity index (χ2n) is 7.30. The summed E-state index contributed by atoms with van der Waals surface area (Å²) in [4.78, 5) is 12.4. The summed E-state index contributed by atoms with van der Waals surface area (Å²) < 4.78 is 33.3. The van der Waals surface area contributed by atoms with Crippen molar-refractivity contribution in [1.82, 2.24) is 5.32 Å². The number of rotatable bonds is 7. The highest BCUT2D eigenvalue weighted by Crippen LogP contribution is 2.28. The highest BCUT2D eigenvalue weighted by molar-refractivity contribution is 7.92. The maximum atomic E-state index is 12.6. The van der Waals surface area contributed by atoms with Crippen LogP contribution in [0.5, 0.6) is 5.75 Å². The molecule has 162 valence electrons. The summed E-state index contributed by atoms with van der Waals surface area (Å²) in [5, 5.41) is 3.63. The Balaban J connectivity index is 1.61. The summed E-state index contributed by atoms with van der Waals surface area (Å²) in [6.07, 6.45) is 4.79. The molecule has 1 aliphatic carbocycles. The summed E-state index contributed by atoms with van der Waals surface area (Å²) in [6, 6.07) is 10.5. The summed E-state index contributed by atoms with van der Waals surface area (Å²) in [5.41, 5.74) is 0.231. The first-order chi connectivity index (χ1) is 14.2. The quantitative estimate of drug-likeness (QED) is 0.595. The van der Waals surface area contributed by atoms with Crippen molar-refractivity contribution in [2.75, 3.05) is 4.72 Å². The van der Waals surface area contributed by atoms with Crippen LogP contribution in [0.4, 0.5) is 5.69 Å². The minimum absolute atomic E-state index is 0.0418. The predicted octanol–water partition coefficient (Wildman–Crippen LogP) is 5.01. The molecule has 1 atom stereocenters. The minimum atomic E-state index is -3.84. The molecule has 0 bridgehead atoms. The Hall–Kier alpha value is -1.96. The van der Waals surface area contributed by atoms with Crippen LogP contribution >= 0.6 is 23.2 Å². The molecule has 1 saturated carbocycles. The second-order valence-corrected chi connectivity index (χ2v) is 9.83. The fourth-order valence-electron chi connectivity index (χ4n) is 3.30. The number of amides is 1. The molecule has 0 heterocycles. The molecule has 0 aromatic heterocycles.